The zero-order chi connectivity index (χ0) is 30.0. The van der Waals surface area contributed by atoms with Crippen LogP contribution in [0.1, 0.15) is 87.2 Å². The second kappa shape index (κ2) is 13.1. The highest BCUT2D eigenvalue weighted by Gasteiger charge is 2.40. The van der Waals surface area contributed by atoms with Crippen molar-refractivity contribution in [1.82, 2.24) is 4.72 Å². The molecule has 2 bridgehead atoms. The van der Waals surface area contributed by atoms with Gasteiger partial charge >= 0.3 is 0 Å². The van der Waals surface area contributed by atoms with Crippen LogP contribution in [-0.4, -0.2) is 43.9 Å². The van der Waals surface area contributed by atoms with E-state index in [2.05, 4.69) is 9.62 Å². The Morgan fingerprint density at radius 1 is 1.02 bits per heavy atom. The molecule has 3 aliphatic rings. The number of sulfonamides is 1. The van der Waals surface area contributed by atoms with Gasteiger partial charge in [0.2, 0.25) is 10.0 Å². The van der Waals surface area contributed by atoms with Crippen molar-refractivity contribution in [3.63, 3.8) is 0 Å². The number of nitrogens with zero attached hydrogens (tertiary/aromatic N) is 1. The average Bonchev–Trinajstić information content (AvgIpc) is 2.96. The van der Waals surface area contributed by atoms with Crippen molar-refractivity contribution in [2.24, 2.45) is 23.7 Å². The number of benzene rings is 2. The fourth-order valence-electron chi connectivity index (χ4n) is 7.06. The fraction of sp³-hybridized carbons (Fsp3) is 0.606. The Kier molecular flexibility index (Phi) is 9.75. The van der Waals surface area contributed by atoms with E-state index in [1.54, 1.807) is 25.1 Å². The summed E-state index contributed by atoms with van der Waals surface area (Å²) in [5.74, 6) is 0.956. The molecule has 0 spiro atoms. The van der Waals surface area contributed by atoms with E-state index in [1.165, 1.54) is 5.56 Å². The van der Waals surface area contributed by atoms with Crippen molar-refractivity contribution in [3.05, 3.63) is 58.1 Å². The summed E-state index contributed by atoms with van der Waals surface area (Å²) in [5.41, 5.74) is 3.38. The number of aryl methyl sites for hydroxylation is 1. The number of fused-ring (bicyclic) bond motifs is 3. The molecule has 7 nitrogen and oxygen atoms in total. The summed E-state index contributed by atoms with van der Waals surface area (Å²) in [6.45, 7) is 7.47. The van der Waals surface area contributed by atoms with E-state index in [0.717, 1.165) is 75.7 Å². The number of aliphatic hydroxyl groups is 1. The molecule has 1 saturated carbocycles. The van der Waals surface area contributed by atoms with E-state index in [-0.39, 0.29) is 11.8 Å². The van der Waals surface area contributed by atoms with E-state index in [4.69, 9.17) is 16.3 Å². The highest BCUT2D eigenvalue weighted by Crippen LogP contribution is 2.45. The van der Waals surface area contributed by atoms with Crippen LogP contribution in [-0.2, 0) is 23.1 Å². The molecule has 2 aromatic rings. The average molecular weight is 617 g/mol. The van der Waals surface area contributed by atoms with E-state index in [0.29, 0.717) is 34.8 Å². The fourth-order valence-corrected chi connectivity index (χ4v) is 8.56. The van der Waals surface area contributed by atoms with Crippen molar-refractivity contribution in [2.45, 2.75) is 90.1 Å². The SMILES string of the molecule is C[C@@H]1[C@@H](C)CCC[C@@H]([C@@H](C)O)C2CCC2CN2CCCCc3cc(Cl)ccc3COc3ccc(cc32)C(=O)NS1(=O)=O. The minimum atomic E-state index is -3.88. The van der Waals surface area contributed by atoms with Gasteiger partial charge in [-0.1, -0.05) is 31.0 Å². The maximum absolute atomic E-state index is 13.3. The Morgan fingerprint density at radius 3 is 2.57 bits per heavy atom. The Hall–Kier alpha value is -2.29. The summed E-state index contributed by atoms with van der Waals surface area (Å²) >= 11 is 6.32. The summed E-state index contributed by atoms with van der Waals surface area (Å²) < 4.78 is 35.2. The normalized spacial score (nSPS) is 29.4. The van der Waals surface area contributed by atoms with Gasteiger partial charge in [-0.15, -0.1) is 0 Å². The largest absolute Gasteiger partial charge is 0.487 e. The van der Waals surface area contributed by atoms with Crippen LogP contribution in [0.3, 0.4) is 0 Å². The lowest BCUT2D eigenvalue weighted by molar-refractivity contribution is 0.0115. The van der Waals surface area contributed by atoms with Crippen LogP contribution in [0.15, 0.2) is 36.4 Å². The molecule has 2 unspecified atom stereocenters. The van der Waals surface area contributed by atoms with Crippen molar-refractivity contribution in [1.29, 1.82) is 0 Å². The molecule has 0 aromatic heterocycles. The molecule has 6 atom stereocenters. The number of aliphatic hydroxyl groups excluding tert-OH is 1. The number of halogens is 1. The standard InChI is InChI=1S/C33H45ClN2O5S/c1-21-7-6-9-29(22(2)37)30-14-11-26(30)19-36-16-5-4-8-24-17-28(34)13-10-27(24)20-41-32-15-12-25(18-31(32)36)33(38)35-42(39,40)23(21)3/h10,12-13,15,17-18,21-23,26,29-30,37H,4-9,11,14,16,19-20H2,1-3H3,(H,35,38)/t21-,22+,23+,26?,29-,30?/m0/s1. The molecule has 230 valence electrons. The number of nitrogens with one attached hydrogen (secondary N) is 1. The van der Waals surface area contributed by atoms with E-state index >= 15 is 0 Å². The van der Waals surface area contributed by atoms with Gasteiger partial charge in [-0.3, -0.25) is 4.79 Å². The quantitative estimate of drug-likeness (QED) is 0.387. The molecular formula is C33H45ClN2O5S. The molecule has 0 saturated heterocycles. The first-order chi connectivity index (χ1) is 20.0. The Morgan fingerprint density at radius 2 is 1.83 bits per heavy atom. The molecule has 2 aromatic carbocycles. The Labute approximate surface area is 256 Å². The molecule has 1 amide bonds. The van der Waals surface area contributed by atoms with Crippen LogP contribution >= 0.6 is 11.6 Å². The van der Waals surface area contributed by atoms with Gasteiger partial charge in [-0.05, 0) is 124 Å². The highest BCUT2D eigenvalue weighted by molar-refractivity contribution is 7.90. The molecule has 2 N–H and O–H groups in total. The van der Waals surface area contributed by atoms with Crippen molar-refractivity contribution in [2.75, 3.05) is 18.0 Å². The van der Waals surface area contributed by atoms with Crippen LogP contribution in [0, 0.1) is 23.7 Å². The van der Waals surface area contributed by atoms with Gasteiger partial charge in [-0.2, -0.15) is 0 Å². The zero-order valence-corrected chi connectivity index (χ0v) is 26.6. The first-order valence-electron chi connectivity index (χ1n) is 15.6. The molecule has 0 radical (unpaired) electrons. The predicted molar refractivity (Wildman–Crippen MR) is 168 cm³/mol. The number of hydrogen-bond acceptors (Lipinski definition) is 6. The molecule has 9 heteroatoms. The number of ether oxygens (including phenoxy) is 1. The number of carbonyl (C=O) groups excluding carboxylic acids is 1. The van der Waals surface area contributed by atoms with E-state index in [9.17, 15) is 18.3 Å². The topological polar surface area (TPSA) is 95.9 Å². The van der Waals surface area contributed by atoms with Crippen LogP contribution in [0.5, 0.6) is 5.75 Å². The lowest BCUT2D eigenvalue weighted by Crippen LogP contribution is -2.44. The number of hydrogen-bond donors (Lipinski definition) is 2. The summed E-state index contributed by atoms with van der Waals surface area (Å²) in [6.07, 6.45) is 7.07. The lowest BCUT2D eigenvalue weighted by atomic mass is 9.64. The highest BCUT2D eigenvalue weighted by atomic mass is 35.5. The number of rotatable bonds is 1. The summed E-state index contributed by atoms with van der Waals surface area (Å²) in [6, 6.07) is 11.2. The summed E-state index contributed by atoms with van der Waals surface area (Å²) in [4.78, 5) is 15.7. The third kappa shape index (κ3) is 6.92. The Balaban J connectivity index is 1.54. The molecule has 42 heavy (non-hydrogen) atoms. The molecule has 2 aliphatic heterocycles. The van der Waals surface area contributed by atoms with Crippen LogP contribution in [0.4, 0.5) is 5.69 Å². The maximum Gasteiger partial charge on any atom is 0.264 e. The molecule has 1 fully saturated rings. The van der Waals surface area contributed by atoms with Gasteiger partial charge in [0.1, 0.15) is 12.4 Å². The summed E-state index contributed by atoms with van der Waals surface area (Å²) in [5, 5.41) is 10.8. The third-order valence-corrected chi connectivity index (χ3v) is 12.2. The molecule has 5 rings (SSSR count). The van der Waals surface area contributed by atoms with Gasteiger partial charge in [0, 0.05) is 23.7 Å². The van der Waals surface area contributed by atoms with Crippen LogP contribution in [0.2, 0.25) is 5.02 Å². The maximum atomic E-state index is 13.3. The first kappa shape index (κ1) is 31.1. The molecule has 1 aliphatic carbocycles. The Bertz CT molecular complexity index is 1380. The van der Waals surface area contributed by atoms with E-state index in [1.807, 2.05) is 32.0 Å². The second-order valence-corrected chi connectivity index (χ2v) is 15.3. The predicted octanol–water partition coefficient (Wildman–Crippen LogP) is 6.35. The number of anilines is 1. The van der Waals surface area contributed by atoms with Crippen LogP contribution < -0.4 is 14.4 Å². The molecular weight excluding hydrogens is 572 g/mol. The van der Waals surface area contributed by atoms with Crippen molar-refractivity contribution in [3.8, 4) is 5.75 Å². The lowest BCUT2D eigenvalue weighted by Gasteiger charge is -2.46. The number of carbonyl (C=O) groups is 1. The second-order valence-electron chi connectivity index (χ2n) is 12.8. The number of amides is 1. The van der Waals surface area contributed by atoms with Gasteiger partial charge in [0.25, 0.3) is 5.91 Å². The minimum absolute atomic E-state index is 0.121. The van der Waals surface area contributed by atoms with Crippen molar-refractivity contribution >= 4 is 33.2 Å². The van der Waals surface area contributed by atoms with Gasteiger partial charge < -0.3 is 14.7 Å². The first-order valence-corrected chi connectivity index (χ1v) is 17.5. The van der Waals surface area contributed by atoms with Gasteiger partial charge in [-0.25, -0.2) is 13.1 Å². The summed E-state index contributed by atoms with van der Waals surface area (Å²) in [7, 11) is -3.88. The third-order valence-electron chi connectivity index (χ3n) is 10.1. The van der Waals surface area contributed by atoms with Crippen molar-refractivity contribution < 1.29 is 23.1 Å². The smallest absolute Gasteiger partial charge is 0.264 e. The van der Waals surface area contributed by atoms with Gasteiger partial charge in [0.05, 0.1) is 17.0 Å². The van der Waals surface area contributed by atoms with Gasteiger partial charge in [0.15, 0.2) is 0 Å². The zero-order valence-electron chi connectivity index (χ0n) is 25.0. The minimum Gasteiger partial charge on any atom is -0.487 e. The molecule has 2 heterocycles. The monoisotopic (exact) mass is 616 g/mol. The van der Waals surface area contributed by atoms with Crippen LogP contribution in [0.25, 0.3) is 0 Å². The van der Waals surface area contributed by atoms with E-state index < -0.39 is 27.3 Å².